The Morgan fingerprint density at radius 2 is 1.73 bits per heavy atom. The first-order valence-corrected chi connectivity index (χ1v) is 6.74. The molecule has 0 radical (unpaired) electrons. The van der Waals surface area contributed by atoms with Crippen molar-refractivity contribution in [1.82, 2.24) is 9.78 Å². The van der Waals surface area contributed by atoms with Crippen LogP contribution in [0, 0.1) is 6.92 Å². The van der Waals surface area contributed by atoms with Crippen LogP contribution in [0.3, 0.4) is 0 Å². The highest BCUT2D eigenvalue weighted by Gasteiger charge is 2.33. The minimum atomic E-state index is -4.38. The lowest BCUT2D eigenvalue weighted by Crippen LogP contribution is -2.07. The standard InChI is InChI=1S/C17H13F3N2/c1-12-9-10-22(21-12)14-6-4-5-13(11-14)15-7-2-3-8-16(15)17(18,19)20/h2-11H,1H3. The van der Waals surface area contributed by atoms with Gasteiger partial charge in [-0.3, -0.25) is 0 Å². The van der Waals surface area contributed by atoms with Gasteiger partial charge in [-0.05, 0) is 42.3 Å². The van der Waals surface area contributed by atoms with Crippen LogP contribution in [-0.4, -0.2) is 9.78 Å². The summed E-state index contributed by atoms with van der Waals surface area (Å²) in [6.45, 7) is 1.86. The van der Waals surface area contributed by atoms with Gasteiger partial charge < -0.3 is 0 Å². The van der Waals surface area contributed by atoms with E-state index in [1.165, 1.54) is 12.1 Å². The molecule has 0 spiro atoms. The molecule has 3 aromatic rings. The third kappa shape index (κ3) is 2.74. The minimum absolute atomic E-state index is 0.167. The fourth-order valence-electron chi connectivity index (χ4n) is 2.36. The van der Waals surface area contributed by atoms with Gasteiger partial charge >= 0.3 is 6.18 Å². The van der Waals surface area contributed by atoms with E-state index in [2.05, 4.69) is 5.10 Å². The Labute approximate surface area is 125 Å². The van der Waals surface area contributed by atoms with Gasteiger partial charge in [0.05, 0.1) is 16.9 Å². The van der Waals surface area contributed by atoms with E-state index in [0.29, 0.717) is 5.56 Å². The van der Waals surface area contributed by atoms with Crippen molar-refractivity contribution in [2.24, 2.45) is 0 Å². The van der Waals surface area contributed by atoms with Crippen molar-refractivity contribution < 1.29 is 13.2 Å². The lowest BCUT2D eigenvalue weighted by Gasteiger charge is -2.13. The summed E-state index contributed by atoms with van der Waals surface area (Å²) in [6, 6.07) is 14.3. The van der Waals surface area contributed by atoms with Crippen molar-refractivity contribution in [2.45, 2.75) is 13.1 Å². The zero-order valence-corrected chi connectivity index (χ0v) is 11.8. The van der Waals surface area contributed by atoms with Gasteiger partial charge in [0.15, 0.2) is 0 Å². The lowest BCUT2D eigenvalue weighted by molar-refractivity contribution is -0.137. The summed E-state index contributed by atoms with van der Waals surface area (Å²) in [5, 5.41) is 4.28. The van der Waals surface area contributed by atoms with Crippen LogP contribution in [0.2, 0.25) is 0 Å². The Morgan fingerprint density at radius 3 is 2.41 bits per heavy atom. The maximum Gasteiger partial charge on any atom is 0.417 e. The molecule has 22 heavy (non-hydrogen) atoms. The van der Waals surface area contributed by atoms with E-state index < -0.39 is 11.7 Å². The summed E-state index contributed by atoms with van der Waals surface area (Å²) in [5.74, 6) is 0. The predicted octanol–water partition coefficient (Wildman–Crippen LogP) is 4.87. The van der Waals surface area contributed by atoms with Crippen LogP contribution in [0.4, 0.5) is 13.2 Å². The number of halogens is 3. The van der Waals surface area contributed by atoms with Crippen LogP contribution in [0.25, 0.3) is 16.8 Å². The van der Waals surface area contributed by atoms with E-state index >= 15 is 0 Å². The van der Waals surface area contributed by atoms with Crippen LogP contribution in [0.15, 0.2) is 60.8 Å². The smallest absolute Gasteiger partial charge is 0.241 e. The second-order valence-electron chi connectivity index (χ2n) is 5.00. The first kappa shape index (κ1) is 14.4. The third-order valence-corrected chi connectivity index (χ3v) is 3.38. The van der Waals surface area contributed by atoms with Gasteiger partial charge in [0.1, 0.15) is 0 Å². The maximum absolute atomic E-state index is 13.1. The number of alkyl halides is 3. The zero-order valence-electron chi connectivity index (χ0n) is 11.8. The normalized spacial score (nSPS) is 11.6. The highest BCUT2D eigenvalue weighted by atomic mass is 19.4. The number of nitrogens with zero attached hydrogens (tertiary/aromatic N) is 2. The van der Waals surface area contributed by atoms with Crippen LogP contribution in [0.5, 0.6) is 0 Å². The average Bonchev–Trinajstić information content (AvgIpc) is 2.93. The topological polar surface area (TPSA) is 17.8 Å². The van der Waals surface area contributed by atoms with Gasteiger partial charge in [-0.25, -0.2) is 4.68 Å². The van der Waals surface area contributed by atoms with E-state index in [1.54, 1.807) is 35.1 Å². The van der Waals surface area contributed by atoms with Gasteiger partial charge in [0.2, 0.25) is 0 Å². The van der Waals surface area contributed by atoms with E-state index in [-0.39, 0.29) is 5.56 Å². The van der Waals surface area contributed by atoms with E-state index in [1.807, 2.05) is 19.1 Å². The summed E-state index contributed by atoms with van der Waals surface area (Å²) >= 11 is 0. The molecule has 112 valence electrons. The molecule has 0 saturated heterocycles. The molecule has 2 aromatic carbocycles. The molecule has 0 saturated carbocycles. The second kappa shape index (κ2) is 5.33. The van der Waals surface area contributed by atoms with Crippen molar-refractivity contribution in [3.05, 3.63) is 72.1 Å². The summed E-state index contributed by atoms with van der Waals surface area (Å²) in [5.41, 5.74) is 1.62. The van der Waals surface area contributed by atoms with Gasteiger partial charge in [-0.2, -0.15) is 18.3 Å². The molecule has 0 fully saturated rings. The van der Waals surface area contributed by atoms with Gasteiger partial charge in [-0.15, -0.1) is 0 Å². The molecule has 1 heterocycles. The van der Waals surface area contributed by atoms with E-state index in [9.17, 15) is 13.2 Å². The SMILES string of the molecule is Cc1ccn(-c2cccc(-c3ccccc3C(F)(F)F)c2)n1. The Morgan fingerprint density at radius 1 is 0.955 bits per heavy atom. The molecule has 0 amide bonds. The first-order valence-electron chi connectivity index (χ1n) is 6.74. The summed E-state index contributed by atoms with van der Waals surface area (Å²) in [7, 11) is 0. The average molecular weight is 302 g/mol. The quantitative estimate of drug-likeness (QED) is 0.660. The van der Waals surface area contributed by atoms with E-state index in [0.717, 1.165) is 17.4 Å². The molecular formula is C17H13F3N2. The molecule has 0 aliphatic rings. The highest BCUT2D eigenvalue weighted by Crippen LogP contribution is 2.37. The fourth-order valence-corrected chi connectivity index (χ4v) is 2.36. The second-order valence-corrected chi connectivity index (χ2v) is 5.00. The molecule has 0 bridgehead atoms. The molecular weight excluding hydrogens is 289 g/mol. The molecule has 0 N–H and O–H groups in total. The van der Waals surface area contributed by atoms with Crippen molar-refractivity contribution in [3.63, 3.8) is 0 Å². The number of aromatic nitrogens is 2. The van der Waals surface area contributed by atoms with Crippen LogP contribution in [-0.2, 0) is 6.18 Å². The third-order valence-electron chi connectivity index (χ3n) is 3.38. The molecule has 0 atom stereocenters. The monoisotopic (exact) mass is 302 g/mol. The summed E-state index contributed by atoms with van der Waals surface area (Å²) in [4.78, 5) is 0. The molecule has 0 aliphatic heterocycles. The molecule has 3 rings (SSSR count). The Kier molecular flexibility index (Phi) is 3.48. The lowest BCUT2D eigenvalue weighted by atomic mass is 9.99. The Bertz CT molecular complexity index is 803. The first-order chi connectivity index (χ1) is 10.4. The Balaban J connectivity index is 2.11. The largest absolute Gasteiger partial charge is 0.417 e. The van der Waals surface area contributed by atoms with Crippen molar-refractivity contribution in [1.29, 1.82) is 0 Å². The van der Waals surface area contributed by atoms with E-state index in [4.69, 9.17) is 0 Å². The number of hydrogen-bond acceptors (Lipinski definition) is 1. The molecule has 0 aliphatic carbocycles. The van der Waals surface area contributed by atoms with Gasteiger partial charge in [0.25, 0.3) is 0 Å². The van der Waals surface area contributed by atoms with Crippen LogP contribution >= 0.6 is 0 Å². The zero-order chi connectivity index (χ0) is 15.7. The summed E-state index contributed by atoms with van der Waals surface area (Å²) < 4.78 is 41.1. The number of aryl methyl sites for hydroxylation is 1. The van der Waals surface area contributed by atoms with Crippen molar-refractivity contribution in [3.8, 4) is 16.8 Å². The summed E-state index contributed by atoms with van der Waals surface area (Å²) in [6.07, 6.45) is -2.60. The van der Waals surface area contributed by atoms with Crippen molar-refractivity contribution >= 4 is 0 Å². The number of hydrogen-bond donors (Lipinski definition) is 0. The minimum Gasteiger partial charge on any atom is -0.241 e. The fraction of sp³-hybridized carbons (Fsp3) is 0.118. The molecule has 2 nitrogen and oxygen atoms in total. The predicted molar refractivity (Wildman–Crippen MR) is 78.7 cm³/mol. The van der Waals surface area contributed by atoms with Crippen molar-refractivity contribution in [2.75, 3.05) is 0 Å². The Hall–Kier alpha value is -2.56. The maximum atomic E-state index is 13.1. The van der Waals surface area contributed by atoms with Crippen LogP contribution in [0.1, 0.15) is 11.3 Å². The number of benzene rings is 2. The van der Waals surface area contributed by atoms with Crippen LogP contribution < -0.4 is 0 Å². The highest BCUT2D eigenvalue weighted by molar-refractivity contribution is 5.70. The van der Waals surface area contributed by atoms with Gasteiger partial charge in [0, 0.05) is 6.20 Å². The molecule has 1 aromatic heterocycles. The number of rotatable bonds is 2. The van der Waals surface area contributed by atoms with Gasteiger partial charge in [-0.1, -0.05) is 30.3 Å². The molecule has 0 unspecified atom stereocenters. The molecule has 5 heteroatoms.